The number of hydrogen-bond acceptors (Lipinski definition) is 2. The fourth-order valence-electron chi connectivity index (χ4n) is 2.29. The molecule has 0 radical (unpaired) electrons. The van der Waals surface area contributed by atoms with Gasteiger partial charge < -0.3 is 10.6 Å². The number of carbonyl (C=O) groups excluding carboxylic acids is 1. The summed E-state index contributed by atoms with van der Waals surface area (Å²) in [4.78, 5) is 12.0. The molecule has 0 aliphatic carbocycles. The average Bonchev–Trinajstić information content (AvgIpc) is 2.46. The second kappa shape index (κ2) is 6.97. The van der Waals surface area contributed by atoms with E-state index in [0.29, 0.717) is 11.3 Å². The molecule has 4 nitrogen and oxygen atoms in total. The van der Waals surface area contributed by atoms with Crippen LogP contribution in [0, 0.1) is 16.7 Å². The summed E-state index contributed by atoms with van der Waals surface area (Å²) in [5.74, 6) is 0. The molecule has 2 amide bonds. The topological polar surface area (TPSA) is 64.9 Å². The van der Waals surface area contributed by atoms with Crippen molar-refractivity contribution in [2.45, 2.75) is 27.2 Å². The molecule has 0 heterocycles. The highest BCUT2D eigenvalue weighted by molar-refractivity contribution is 5.99. The van der Waals surface area contributed by atoms with Crippen LogP contribution in [-0.4, -0.2) is 6.03 Å². The lowest BCUT2D eigenvalue weighted by atomic mass is 9.88. The second-order valence-corrected chi connectivity index (χ2v) is 6.71. The zero-order chi connectivity index (χ0) is 16.9. The largest absolute Gasteiger partial charge is 0.323 e. The summed E-state index contributed by atoms with van der Waals surface area (Å²) in [5, 5.41) is 14.3. The summed E-state index contributed by atoms with van der Waals surface area (Å²) in [6.07, 6.45) is 0.944. The van der Waals surface area contributed by atoms with E-state index < -0.39 is 0 Å². The Bertz CT molecular complexity index is 722. The van der Waals surface area contributed by atoms with Crippen LogP contribution >= 0.6 is 0 Å². The van der Waals surface area contributed by atoms with Crippen molar-refractivity contribution < 1.29 is 4.79 Å². The monoisotopic (exact) mass is 307 g/mol. The highest BCUT2D eigenvalue weighted by atomic mass is 16.2. The minimum Gasteiger partial charge on any atom is -0.308 e. The van der Waals surface area contributed by atoms with E-state index in [4.69, 9.17) is 5.26 Å². The van der Waals surface area contributed by atoms with Crippen molar-refractivity contribution in [3.8, 4) is 6.07 Å². The van der Waals surface area contributed by atoms with Crippen LogP contribution in [-0.2, 0) is 6.42 Å². The Morgan fingerprint density at radius 1 is 1.04 bits per heavy atom. The first-order valence-corrected chi connectivity index (χ1v) is 7.53. The maximum atomic E-state index is 12.0. The van der Waals surface area contributed by atoms with Gasteiger partial charge in [0.2, 0.25) is 0 Å². The molecule has 2 aromatic rings. The zero-order valence-electron chi connectivity index (χ0n) is 13.7. The standard InChI is InChI=1S/C19H21N3O/c1-19(2,3)12-15-5-4-6-17(11-15)22-18(23)21-16-9-7-14(13-20)8-10-16/h4-11H,12H2,1-3H3,(H2,21,22,23). The first-order valence-electron chi connectivity index (χ1n) is 7.53. The minimum atomic E-state index is -0.303. The molecule has 2 aromatic carbocycles. The predicted molar refractivity (Wildman–Crippen MR) is 93.4 cm³/mol. The molecule has 2 N–H and O–H groups in total. The Labute approximate surface area is 137 Å². The molecule has 0 aromatic heterocycles. The summed E-state index contributed by atoms with van der Waals surface area (Å²) < 4.78 is 0. The molecule has 23 heavy (non-hydrogen) atoms. The molecular formula is C19H21N3O. The van der Waals surface area contributed by atoms with E-state index in [1.54, 1.807) is 24.3 Å². The van der Waals surface area contributed by atoms with Gasteiger partial charge in [-0.05, 0) is 53.8 Å². The van der Waals surface area contributed by atoms with E-state index in [9.17, 15) is 4.79 Å². The van der Waals surface area contributed by atoms with Crippen molar-refractivity contribution in [1.29, 1.82) is 5.26 Å². The van der Waals surface area contributed by atoms with Gasteiger partial charge in [0.1, 0.15) is 0 Å². The third-order valence-corrected chi connectivity index (χ3v) is 3.19. The third-order valence-electron chi connectivity index (χ3n) is 3.19. The molecule has 0 saturated carbocycles. The van der Waals surface area contributed by atoms with Crippen molar-refractivity contribution in [2.24, 2.45) is 5.41 Å². The Balaban J connectivity index is 1.99. The molecule has 4 heteroatoms. The quantitative estimate of drug-likeness (QED) is 0.856. The average molecular weight is 307 g/mol. The number of nitrogens with one attached hydrogen (secondary N) is 2. The molecule has 2 rings (SSSR count). The number of hydrogen-bond donors (Lipinski definition) is 2. The maximum absolute atomic E-state index is 12.0. The molecule has 118 valence electrons. The van der Waals surface area contributed by atoms with Gasteiger partial charge in [-0.2, -0.15) is 5.26 Å². The van der Waals surface area contributed by atoms with E-state index in [-0.39, 0.29) is 11.4 Å². The number of urea groups is 1. The lowest BCUT2D eigenvalue weighted by molar-refractivity contribution is 0.262. The molecule has 0 aliphatic heterocycles. The highest BCUT2D eigenvalue weighted by Crippen LogP contribution is 2.22. The SMILES string of the molecule is CC(C)(C)Cc1cccc(NC(=O)Nc2ccc(C#N)cc2)c1. The van der Waals surface area contributed by atoms with Gasteiger partial charge in [0.25, 0.3) is 0 Å². The van der Waals surface area contributed by atoms with E-state index in [2.05, 4.69) is 37.5 Å². The van der Waals surface area contributed by atoms with Gasteiger partial charge in [0, 0.05) is 11.4 Å². The second-order valence-electron chi connectivity index (χ2n) is 6.71. The van der Waals surface area contributed by atoms with Gasteiger partial charge in [0.05, 0.1) is 11.6 Å². The predicted octanol–water partition coefficient (Wildman–Crippen LogP) is 4.79. The van der Waals surface area contributed by atoms with Crippen molar-refractivity contribution in [2.75, 3.05) is 10.6 Å². The van der Waals surface area contributed by atoms with Crippen LogP contribution in [0.3, 0.4) is 0 Å². The van der Waals surface area contributed by atoms with Gasteiger partial charge in [-0.15, -0.1) is 0 Å². The number of carbonyl (C=O) groups is 1. The van der Waals surface area contributed by atoms with Crippen LogP contribution < -0.4 is 10.6 Å². The third kappa shape index (κ3) is 5.48. The Morgan fingerprint density at radius 2 is 1.70 bits per heavy atom. The lowest BCUT2D eigenvalue weighted by Gasteiger charge is -2.18. The van der Waals surface area contributed by atoms with Gasteiger partial charge in [0.15, 0.2) is 0 Å². The van der Waals surface area contributed by atoms with Crippen molar-refractivity contribution in [1.82, 2.24) is 0 Å². The van der Waals surface area contributed by atoms with E-state index in [1.807, 2.05) is 24.3 Å². The van der Waals surface area contributed by atoms with E-state index in [1.165, 1.54) is 5.56 Å². The first kappa shape index (κ1) is 16.6. The fraction of sp³-hybridized carbons (Fsp3) is 0.263. The van der Waals surface area contributed by atoms with E-state index in [0.717, 1.165) is 12.1 Å². The summed E-state index contributed by atoms with van der Waals surface area (Å²) >= 11 is 0. The van der Waals surface area contributed by atoms with Crippen molar-refractivity contribution >= 4 is 17.4 Å². The number of amides is 2. The summed E-state index contributed by atoms with van der Waals surface area (Å²) in [6, 6.07) is 16.3. The Morgan fingerprint density at radius 3 is 2.30 bits per heavy atom. The van der Waals surface area contributed by atoms with Gasteiger partial charge in [-0.3, -0.25) is 0 Å². The first-order chi connectivity index (χ1) is 10.9. The van der Waals surface area contributed by atoms with Gasteiger partial charge >= 0.3 is 6.03 Å². The van der Waals surface area contributed by atoms with Gasteiger partial charge in [-0.1, -0.05) is 32.9 Å². The van der Waals surface area contributed by atoms with Crippen molar-refractivity contribution in [3.63, 3.8) is 0 Å². The zero-order valence-corrected chi connectivity index (χ0v) is 13.7. The fourth-order valence-corrected chi connectivity index (χ4v) is 2.29. The smallest absolute Gasteiger partial charge is 0.308 e. The normalized spacial score (nSPS) is 10.7. The molecule has 0 bridgehead atoms. The number of anilines is 2. The van der Waals surface area contributed by atoms with Crippen LogP contribution in [0.2, 0.25) is 0 Å². The molecule has 0 aliphatic rings. The highest BCUT2D eigenvalue weighted by Gasteiger charge is 2.11. The molecule has 0 saturated heterocycles. The number of nitriles is 1. The van der Waals surface area contributed by atoms with Crippen LogP contribution in [0.1, 0.15) is 31.9 Å². The summed E-state index contributed by atoms with van der Waals surface area (Å²) in [6.45, 7) is 6.56. The maximum Gasteiger partial charge on any atom is 0.323 e. The molecule has 0 fully saturated rings. The Kier molecular flexibility index (Phi) is 5.02. The van der Waals surface area contributed by atoms with E-state index >= 15 is 0 Å². The van der Waals surface area contributed by atoms with Crippen LogP contribution in [0.5, 0.6) is 0 Å². The number of benzene rings is 2. The minimum absolute atomic E-state index is 0.198. The lowest BCUT2D eigenvalue weighted by Crippen LogP contribution is -2.19. The summed E-state index contributed by atoms with van der Waals surface area (Å²) in [5.41, 5.74) is 3.35. The van der Waals surface area contributed by atoms with Crippen LogP contribution in [0.25, 0.3) is 0 Å². The van der Waals surface area contributed by atoms with Crippen LogP contribution in [0.4, 0.5) is 16.2 Å². The number of rotatable bonds is 3. The van der Waals surface area contributed by atoms with Gasteiger partial charge in [-0.25, -0.2) is 4.79 Å². The molecule has 0 unspecified atom stereocenters. The number of nitrogens with zero attached hydrogens (tertiary/aromatic N) is 1. The summed E-state index contributed by atoms with van der Waals surface area (Å²) in [7, 11) is 0. The Hall–Kier alpha value is -2.80. The van der Waals surface area contributed by atoms with Crippen molar-refractivity contribution in [3.05, 3.63) is 59.7 Å². The molecular weight excluding hydrogens is 286 g/mol. The molecule has 0 atom stereocenters. The molecule has 0 spiro atoms. The van der Waals surface area contributed by atoms with Crippen LogP contribution in [0.15, 0.2) is 48.5 Å².